The number of aromatic nitrogens is 3. The number of aromatic amines is 1. The number of amides is 1. The number of hydrogen-bond donors (Lipinski definition) is 2. The third-order valence-electron chi connectivity index (χ3n) is 3.85. The van der Waals surface area contributed by atoms with Crippen LogP contribution >= 0.6 is 0 Å². The Morgan fingerprint density at radius 1 is 1.47 bits per heavy atom. The zero-order chi connectivity index (χ0) is 12.4. The van der Waals surface area contributed by atoms with E-state index in [9.17, 15) is 4.79 Å². The average Bonchev–Trinajstić information content (AvgIpc) is 2.91. The van der Waals surface area contributed by atoms with E-state index < -0.39 is 0 Å². The van der Waals surface area contributed by atoms with Gasteiger partial charge in [-0.15, -0.1) is 5.10 Å². The minimum Gasteiger partial charge on any atom is -0.346 e. The Labute approximate surface area is 101 Å². The van der Waals surface area contributed by atoms with Crippen LogP contribution in [0, 0.1) is 11.8 Å². The number of nitrogens with one attached hydrogen (secondary N) is 2. The lowest BCUT2D eigenvalue weighted by Crippen LogP contribution is -2.37. The fourth-order valence-electron chi connectivity index (χ4n) is 2.36. The number of nitrogens with zero attached hydrogens (tertiary/aromatic N) is 2. The second-order valence-electron chi connectivity index (χ2n) is 4.95. The molecule has 3 atom stereocenters. The van der Waals surface area contributed by atoms with Crippen LogP contribution in [0.15, 0.2) is 0 Å². The highest BCUT2D eigenvalue weighted by atomic mass is 16.2. The molecule has 1 amide bonds. The van der Waals surface area contributed by atoms with Crippen molar-refractivity contribution in [2.24, 2.45) is 11.8 Å². The van der Waals surface area contributed by atoms with Crippen molar-refractivity contribution in [3.05, 3.63) is 11.6 Å². The normalized spacial score (nSPS) is 28.3. The first-order valence-corrected chi connectivity index (χ1v) is 6.34. The van der Waals surface area contributed by atoms with Gasteiger partial charge in [-0.25, -0.2) is 4.98 Å². The van der Waals surface area contributed by atoms with Crippen LogP contribution in [-0.2, 0) is 6.42 Å². The smallest absolute Gasteiger partial charge is 0.291 e. The van der Waals surface area contributed by atoms with Crippen LogP contribution in [-0.4, -0.2) is 27.1 Å². The third kappa shape index (κ3) is 2.48. The molecule has 0 spiro atoms. The van der Waals surface area contributed by atoms with Gasteiger partial charge >= 0.3 is 0 Å². The number of rotatable bonds is 3. The Balaban J connectivity index is 1.97. The maximum absolute atomic E-state index is 11.9. The lowest BCUT2D eigenvalue weighted by Gasteiger charge is -2.18. The van der Waals surface area contributed by atoms with Gasteiger partial charge < -0.3 is 5.32 Å². The molecular weight excluding hydrogens is 216 g/mol. The van der Waals surface area contributed by atoms with Crippen molar-refractivity contribution in [3.63, 3.8) is 0 Å². The van der Waals surface area contributed by atoms with Gasteiger partial charge in [-0.1, -0.05) is 20.8 Å². The topological polar surface area (TPSA) is 70.7 Å². The van der Waals surface area contributed by atoms with Crippen molar-refractivity contribution in [2.75, 3.05) is 0 Å². The van der Waals surface area contributed by atoms with E-state index in [1.807, 2.05) is 6.92 Å². The molecule has 2 rings (SSSR count). The molecule has 2 N–H and O–H groups in total. The quantitative estimate of drug-likeness (QED) is 0.836. The van der Waals surface area contributed by atoms with E-state index in [-0.39, 0.29) is 17.8 Å². The summed E-state index contributed by atoms with van der Waals surface area (Å²) in [6.07, 6.45) is 3.00. The molecule has 1 aliphatic carbocycles. The molecule has 3 unspecified atom stereocenters. The molecule has 0 aliphatic heterocycles. The highest BCUT2D eigenvalue weighted by molar-refractivity contribution is 5.90. The van der Waals surface area contributed by atoms with Gasteiger partial charge in [0.2, 0.25) is 5.82 Å². The summed E-state index contributed by atoms with van der Waals surface area (Å²) in [5.74, 6) is 2.06. The van der Waals surface area contributed by atoms with Crippen LogP contribution in [0.1, 0.15) is 50.1 Å². The van der Waals surface area contributed by atoms with E-state index in [2.05, 4.69) is 34.3 Å². The van der Waals surface area contributed by atoms with Gasteiger partial charge in [0.25, 0.3) is 5.91 Å². The lowest BCUT2D eigenvalue weighted by molar-refractivity contribution is 0.0917. The van der Waals surface area contributed by atoms with Gasteiger partial charge in [0, 0.05) is 12.5 Å². The Kier molecular flexibility index (Phi) is 3.45. The van der Waals surface area contributed by atoms with Crippen molar-refractivity contribution in [2.45, 2.75) is 46.1 Å². The van der Waals surface area contributed by atoms with Crippen LogP contribution in [0.4, 0.5) is 0 Å². The Morgan fingerprint density at radius 2 is 2.24 bits per heavy atom. The third-order valence-corrected chi connectivity index (χ3v) is 3.85. The summed E-state index contributed by atoms with van der Waals surface area (Å²) in [6.45, 7) is 6.40. The molecule has 17 heavy (non-hydrogen) atoms. The van der Waals surface area contributed by atoms with E-state index >= 15 is 0 Å². The molecule has 0 bridgehead atoms. The first-order chi connectivity index (χ1) is 8.11. The fraction of sp³-hybridized carbons (Fsp3) is 0.750. The van der Waals surface area contributed by atoms with Crippen LogP contribution in [0.2, 0.25) is 0 Å². The van der Waals surface area contributed by atoms with Crippen LogP contribution in [0.5, 0.6) is 0 Å². The minimum atomic E-state index is -0.160. The number of carbonyl (C=O) groups is 1. The van der Waals surface area contributed by atoms with Gasteiger partial charge in [-0.3, -0.25) is 9.89 Å². The Hall–Kier alpha value is -1.39. The first kappa shape index (κ1) is 12.1. The summed E-state index contributed by atoms with van der Waals surface area (Å²) in [4.78, 5) is 16.1. The van der Waals surface area contributed by atoms with E-state index in [1.54, 1.807) is 0 Å². The molecule has 1 aliphatic rings. The Bertz CT molecular complexity index is 401. The first-order valence-electron chi connectivity index (χ1n) is 6.34. The Morgan fingerprint density at radius 3 is 2.76 bits per heavy atom. The number of hydrogen-bond acceptors (Lipinski definition) is 3. The highest BCUT2D eigenvalue weighted by Gasteiger charge is 2.31. The highest BCUT2D eigenvalue weighted by Crippen LogP contribution is 2.31. The monoisotopic (exact) mass is 236 g/mol. The molecule has 5 heteroatoms. The van der Waals surface area contributed by atoms with Crippen molar-refractivity contribution < 1.29 is 4.79 Å². The van der Waals surface area contributed by atoms with Gasteiger partial charge in [0.05, 0.1) is 0 Å². The molecule has 1 aromatic rings. The summed E-state index contributed by atoms with van der Waals surface area (Å²) >= 11 is 0. The molecule has 1 fully saturated rings. The summed E-state index contributed by atoms with van der Waals surface area (Å²) in [6, 6.07) is 0.265. The summed E-state index contributed by atoms with van der Waals surface area (Å²) < 4.78 is 0. The number of carbonyl (C=O) groups excluding carboxylic acids is 1. The number of H-pyrrole nitrogens is 1. The molecule has 0 aromatic carbocycles. The minimum absolute atomic E-state index is 0.160. The van der Waals surface area contributed by atoms with E-state index in [4.69, 9.17) is 0 Å². The van der Waals surface area contributed by atoms with Crippen LogP contribution < -0.4 is 5.32 Å². The van der Waals surface area contributed by atoms with Gasteiger partial charge in [0.15, 0.2) is 0 Å². The van der Waals surface area contributed by atoms with E-state index in [1.165, 1.54) is 6.42 Å². The fourth-order valence-corrected chi connectivity index (χ4v) is 2.36. The van der Waals surface area contributed by atoms with Crippen molar-refractivity contribution in [1.29, 1.82) is 0 Å². The molecule has 1 aromatic heterocycles. The van der Waals surface area contributed by atoms with E-state index in [0.29, 0.717) is 11.8 Å². The predicted octanol–water partition coefficient (Wildman–Crippen LogP) is 1.53. The molecule has 0 radical (unpaired) electrons. The maximum atomic E-state index is 11.9. The average molecular weight is 236 g/mol. The largest absolute Gasteiger partial charge is 0.346 e. The second-order valence-corrected chi connectivity index (χ2v) is 4.95. The molecule has 5 nitrogen and oxygen atoms in total. The van der Waals surface area contributed by atoms with E-state index in [0.717, 1.165) is 18.7 Å². The summed E-state index contributed by atoms with van der Waals surface area (Å²) in [5, 5.41) is 9.71. The second kappa shape index (κ2) is 4.85. The van der Waals surface area contributed by atoms with Gasteiger partial charge in [0.1, 0.15) is 5.82 Å². The molecule has 1 saturated carbocycles. The van der Waals surface area contributed by atoms with Gasteiger partial charge in [-0.05, 0) is 24.7 Å². The molecule has 94 valence electrons. The molecular formula is C12H20N4O. The SMILES string of the molecule is CCc1nc(C(=O)NC2CCC(C)C2C)n[nH]1. The van der Waals surface area contributed by atoms with Crippen LogP contribution in [0.25, 0.3) is 0 Å². The standard InChI is InChI=1S/C12H20N4O/c1-4-10-14-11(16-15-10)12(17)13-9-6-5-7(2)8(9)3/h7-9H,4-6H2,1-3H3,(H,13,17)(H,14,15,16). The maximum Gasteiger partial charge on any atom is 0.291 e. The summed E-state index contributed by atoms with van der Waals surface area (Å²) in [7, 11) is 0. The van der Waals surface area contributed by atoms with Crippen molar-refractivity contribution >= 4 is 5.91 Å². The zero-order valence-corrected chi connectivity index (χ0v) is 10.7. The lowest BCUT2D eigenvalue weighted by atomic mass is 9.98. The predicted molar refractivity (Wildman–Crippen MR) is 64.6 cm³/mol. The number of aryl methyl sites for hydroxylation is 1. The summed E-state index contributed by atoms with van der Waals surface area (Å²) in [5.41, 5.74) is 0. The van der Waals surface area contributed by atoms with Crippen LogP contribution in [0.3, 0.4) is 0 Å². The van der Waals surface area contributed by atoms with Crippen molar-refractivity contribution in [3.8, 4) is 0 Å². The molecule has 1 heterocycles. The van der Waals surface area contributed by atoms with Gasteiger partial charge in [-0.2, -0.15) is 0 Å². The molecule has 0 saturated heterocycles. The zero-order valence-electron chi connectivity index (χ0n) is 10.7. The van der Waals surface area contributed by atoms with Crippen molar-refractivity contribution in [1.82, 2.24) is 20.5 Å².